The molecule has 0 bridgehead atoms. The van der Waals surface area contributed by atoms with Crippen molar-refractivity contribution in [3.8, 4) is 28.7 Å². The predicted octanol–water partition coefficient (Wildman–Crippen LogP) is 4.60. The fourth-order valence-electron chi connectivity index (χ4n) is 2.76. The summed E-state index contributed by atoms with van der Waals surface area (Å²) in [6, 6.07) is 8.83. The number of hydrogen-bond donors (Lipinski definition) is 2. The first kappa shape index (κ1) is 17.0. The van der Waals surface area contributed by atoms with Crippen LogP contribution in [0.2, 0.25) is 5.02 Å². The predicted molar refractivity (Wildman–Crippen MR) is 99.0 cm³/mol. The van der Waals surface area contributed by atoms with E-state index in [1.54, 1.807) is 30.3 Å². The second-order valence-corrected chi connectivity index (χ2v) is 5.93. The molecule has 0 atom stereocenters. The van der Waals surface area contributed by atoms with Gasteiger partial charge in [-0.3, -0.25) is 0 Å². The lowest BCUT2D eigenvalue weighted by molar-refractivity contribution is 0.365. The zero-order valence-electron chi connectivity index (χ0n) is 14.3. The van der Waals surface area contributed by atoms with E-state index in [-0.39, 0.29) is 29.0 Å². The zero-order valence-corrected chi connectivity index (χ0v) is 15.1. The molecule has 4 rings (SSSR count). The van der Waals surface area contributed by atoms with Crippen LogP contribution in [-0.4, -0.2) is 29.5 Å². The molecule has 0 saturated heterocycles. The molecule has 4 aromatic rings. The molecule has 2 aromatic carbocycles. The molecule has 0 radical (unpaired) electrons. The number of halogens is 1. The number of aromatic nitrogens is 2. The van der Waals surface area contributed by atoms with Gasteiger partial charge in [-0.15, -0.1) is 5.10 Å². The van der Waals surface area contributed by atoms with Gasteiger partial charge in [0.15, 0.2) is 11.3 Å². The number of methoxy groups -OCH3 is 2. The van der Waals surface area contributed by atoms with E-state index in [1.165, 1.54) is 20.5 Å². The SMILES string of the molecule is COc1c(-c2nnc(Nc3ccc(Cl)cc3)o2)c(O)c(OC)c2occc12. The third-order valence-electron chi connectivity index (χ3n) is 3.94. The van der Waals surface area contributed by atoms with Crippen molar-refractivity contribution in [2.24, 2.45) is 0 Å². The molecule has 2 heterocycles. The smallest absolute Gasteiger partial charge is 0.320 e. The molecular weight excluding hydrogens is 374 g/mol. The minimum absolute atomic E-state index is 0.0576. The summed E-state index contributed by atoms with van der Waals surface area (Å²) in [5.74, 6) is 0.315. The molecule has 9 heteroatoms. The first-order chi connectivity index (χ1) is 13.1. The largest absolute Gasteiger partial charge is 0.504 e. The van der Waals surface area contributed by atoms with Crippen LogP contribution < -0.4 is 14.8 Å². The van der Waals surface area contributed by atoms with Crippen LogP contribution in [0.25, 0.3) is 22.4 Å². The van der Waals surface area contributed by atoms with Crippen LogP contribution in [0.1, 0.15) is 0 Å². The molecule has 2 N–H and O–H groups in total. The molecule has 2 aromatic heterocycles. The number of nitrogens with zero attached hydrogens (tertiary/aromatic N) is 2. The van der Waals surface area contributed by atoms with E-state index < -0.39 is 0 Å². The summed E-state index contributed by atoms with van der Waals surface area (Å²) in [7, 11) is 2.90. The number of furan rings is 1. The van der Waals surface area contributed by atoms with Crippen molar-refractivity contribution < 1.29 is 23.4 Å². The van der Waals surface area contributed by atoms with Crippen molar-refractivity contribution in [3.05, 3.63) is 41.6 Å². The van der Waals surface area contributed by atoms with Crippen molar-refractivity contribution >= 4 is 34.3 Å². The fourth-order valence-corrected chi connectivity index (χ4v) is 2.88. The van der Waals surface area contributed by atoms with Crippen LogP contribution in [-0.2, 0) is 0 Å². The summed E-state index contributed by atoms with van der Waals surface area (Å²) in [4.78, 5) is 0. The van der Waals surface area contributed by atoms with E-state index in [1.807, 2.05) is 0 Å². The minimum Gasteiger partial charge on any atom is -0.504 e. The lowest BCUT2D eigenvalue weighted by Gasteiger charge is -2.12. The zero-order chi connectivity index (χ0) is 19.0. The summed E-state index contributed by atoms with van der Waals surface area (Å²) in [5, 5.41) is 22.8. The van der Waals surface area contributed by atoms with Crippen molar-refractivity contribution in [2.45, 2.75) is 0 Å². The molecule has 0 saturated carbocycles. The second-order valence-electron chi connectivity index (χ2n) is 5.50. The summed E-state index contributed by atoms with van der Waals surface area (Å²) in [6.07, 6.45) is 1.47. The highest BCUT2D eigenvalue weighted by Gasteiger charge is 2.27. The van der Waals surface area contributed by atoms with Gasteiger partial charge in [0, 0.05) is 10.7 Å². The number of fused-ring (bicyclic) bond motifs is 1. The van der Waals surface area contributed by atoms with E-state index in [2.05, 4.69) is 15.5 Å². The van der Waals surface area contributed by atoms with Gasteiger partial charge in [-0.05, 0) is 30.3 Å². The van der Waals surface area contributed by atoms with Gasteiger partial charge in [-0.1, -0.05) is 16.7 Å². The van der Waals surface area contributed by atoms with Crippen molar-refractivity contribution in [2.75, 3.05) is 19.5 Å². The number of hydrogen-bond acceptors (Lipinski definition) is 8. The molecule has 0 unspecified atom stereocenters. The number of ether oxygens (including phenoxy) is 2. The highest BCUT2D eigenvalue weighted by Crippen LogP contribution is 2.50. The normalized spacial score (nSPS) is 10.9. The molecule has 0 aliphatic carbocycles. The maximum absolute atomic E-state index is 10.7. The number of anilines is 2. The molecular formula is C18H14ClN3O5. The van der Waals surface area contributed by atoms with Gasteiger partial charge in [-0.2, -0.15) is 0 Å². The summed E-state index contributed by atoms with van der Waals surface area (Å²) < 4.78 is 21.8. The lowest BCUT2D eigenvalue weighted by Crippen LogP contribution is -1.94. The Balaban J connectivity index is 1.79. The first-order valence-corrected chi connectivity index (χ1v) is 8.20. The van der Waals surface area contributed by atoms with Crippen LogP contribution in [0.4, 0.5) is 11.7 Å². The molecule has 138 valence electrons. The van der Waals surface area contributed by atoms with Crippen LogP contribution in [0.15, 0.2) is 45.4 Å². The van der Waals surface area contributed by atoms with E-state index in [4.69, 9.17) is 29.9 Å². The maximum Gasteiger partial charge on any atom is 0.320 e. The molecule has 8 nitrogen and oxygen atoms in total. The number of phenolic OH excluding ortho intramolecular Hbond substituents is 1. The fraction of sp³-hybridized carbons (Fsp3) is 0.111. The van der Waals surface area contributed by atoms with Gasteiger partial charge in [0.25, 0.3) is 5.89 Å². The quantitative estimate of drug-likeness (QED) is 0.512. The van der Waals surface area contributed by atoms with E-state index >= 15 is 0 Å². The van der Waals surface area contributed by atoms with E-state index in [9.17, 15) is 5.11 Å². The average molecular weight is 388 g/mol. The van der Waals surface area contributed by atoms with Crippen molar-refractivity contribution in [3.63, 3.8) is 0 Å². The average Bonchev–Trinajstić information content (AvgIpc) is 3.32. The Hall–Kier alpha value is -3.39. The molecule has 0 spiro atoms. The van der Waals surface area contributed by atoms with Gasteiger partial charge in [0.05, 0.1) is 25.9 Å². The Morgan fingerprint density at radius 2 is 1.78 bits per heavy atom. The lowest BCUT2D eigenvalue weighted by atomic mass is 10.1. The molecule has 27 heavy (non-hydrogen) atoms. The molecule has 0 aliphatic heterocycles. The number of rotatable bonds is 5. The van der Waals surface area contributed by atoms with Gasteiger partial charge in [-0.25, -0.2) is 0 Å². The summed E-state index contributed by atoms with van der Waals surface area (Å²) in [5.41, 5.74) is 1.28. The van der Waals surface area contributed by atoms with Crippen LogP contribution in [0.3, 0.4) is 0 Å². The highest BCUT2D eigenvalue weighted by atomic mass is 35.5. The summed E-state index contributed by atoms with van der Waals surface area (Å²) in [6.45, 7) is 0. The second kappa shape index (κ2) is 6.73. The Kier molecular flexibility index (Phi) is 4.25. The van der Waals surface area contributed by atoms with Gasteiger partial charge in [0.1, 0.15) is 11.3 Å². The Morgan fingerprint density at radius 1 is 1.04 bits per heavy atom. The first-order valence-electron chi connectivity index (χ1n) is 7.83. The molecule has 0 aliphatic rings. The van der Waals surface area contributed by atoms with Crippen molar-refractivity contribution in [1.82, 2.24) is 10.2 Å². The van der Waals surface area contributed by atoms with Gasteiger partial charge >= 0.3 is 6.01 Å². The number of phenols is 1. The van der Waals surface area contributed by atoms with E-state index in [0.29, 0.717) is 27.4 Å². The van der Waals surface area contributed by atoms with Crippen molar-refractivity contribution in [1.29, 1.82) is 0 Å². The monoisotopic (exact) mass is 387 g/mol. The standard InChI is InChI=1S/C18H14ClN3O5/c1-24-14-11-7-8-26-15(11)16(25-2)13(23)12(14)17-21-22-18(27-17)20-10-5-3-9(19)4-6-10/h3-8,23H,1-2H3,(H,20,22). The van der Waals surface area contributed by atoms with Crippen LogP contribution in [0, 0.1) is 0 Å². The molecule has 0 amide bonds. The van der Waals surface area contributed by atoms with E-state index in [0.717, 1.165) is 0 Å². The minimum atomic E-state index is -0.224. The maximum atomic E-state index is 10.7. The number of benzene rings is 2. The van der Waals surface area contributed by atoms with Gasteiger partial charge < -0.3 is 28.7 Å². The van der Waals surface area contributed by atoms with Crippen LogP contribution >= 0.6 is 11.6 Å². The molecule has 0 fully saturated rings. The van der Waals surface area contributed by atoms with Gasteiger partial charge in [0.2, 0.25) is 5.75 Å². The number of nitrogens with one attached hydrogen (secondary N) is 1. The van der Waals surface area contributed by atoms with Crippen LogP contribution in [0.5, 0.6) is 17.2 Å². The Bertz CT molecular complexity index is 1100. The third kappa shape index (κ3) is 2.89. The topological polar surface area (TPSA) is 103 Å². The highest BCUT2D eigenvalue weighted by molar-refractivity contribution is 6.30. The number of aromatic hydroxyl groups is 1. The Labute approximate surface area is 158 Å². The third-order valence-corrected chi connectivity index (χ3v) is 4.19. The Morgan fingerprint density at radius 3 is 2.48 bits per heavy atom. The summed E-state index contributed by atoms with van der Waals surface area (Å²) >= 11 is 5.88.